The van der Waals surface area contributed by atoms with Crippen LogP contribution in [0, 0.1) is 0 Å². The minimum atomic E-state index is -1.42. The molecule has 0 aliphatic carbocycles. The van der Waals surface area contributed by atoms with Crippen molar-refractivity contribution < 1.29 is 9.00 Å². The first-order chi connectivity index (χ1) is 10.1. The molecule has 5 nitrogen and oxygen atoms in total. The van der Waals surface area contributed by atoms with Gasteiger partial charge in [-0.15, -0.1) is 0 Å². The van der Waals surface area contributed by atoms with Gasteiger partial charge < -0.3 is 10.7 Å². The Morgan fingerprint density at radius 1 is 1.38 bits per heavy atom. The van der Waals surface area contributed by atoms with Crippen molar-refractivity contribution in [3.8, 4) is 0 Å². The molecular weight excluding hydrogens is 330 g/mol. The molecule has 1 atom stereocenters. The van der Waals surface area contributed by atoms with E-state index in [9.17, 15) is 9.00 Å². The third-order valence-electron chi connectivity index (χ3n) is 3.34. The summed E-state index contributed by atoms with van der Waals surface area (Å²) in [4.78, 5) is 15.1. The first-order valence-electron chi connectivity index (χ1n) is 6.43. The van der Waals surface area contributed by atoms with Crippen molar-refractivity contribution in [2.75, 3.05) is 24.6 Å². The summed E-state index contributed by atoms with van der Waals surface area (Å²) in [5, 5.41) is 1.22. The standard InChI is InChI=1S/C13H14ClN3O2S2/c14-8-1-2-10-9(7-8)12(11(16-10)13(15)18)21(19)17-3-5-20-6-4-17/h1-2,7,16H,3-6H2,(H2,15,18). The molecule has 1 aromatic carbocycles. The highest BCUT2D eigenvalue weighted by atomic mass is 35.5. The van der Waals surface area contributed by atoms with Gasteiger partial charge in [-0.05, 0) is 18.2 Å². The molecule has 8 heteroatoms. The second-order valence-corrected chi connectivity index (χ2v) is 7.76. The summed E-state index contributed by atoms with van der Waals surface area (Å²) >= 11 is 7.86. The number of thioether (sulfide) groups is 1. The van der Waals surface area contributed by atoms with Crippen LogP contribution in [-0.2, 0) is 11.0 Å². The van der Waals surface area contributed by atoms with Crippen molar-refractivity contribution in [1.82, 2.24) is 9.29 Å². The third-order valence-corrected chi connectivity index (χ3v) is 6.12. The van der Waals surface area contributed by atoms with Crippen LogP contribution >= 0.6 is 23.4 Å². The van der Waals surface area contributed by atoms with Gasteiger partial charge in [0.1, 0.15) is 16.7 Å². The van der Waals surface area contributed by atoms with Crippen LogP contribution in [0.1, 0.15) is 10.5 Å². The smallest absolute Gasteiger partial charge is 0.266 e. The monoisotopic (exact) mass is 343 g/mol. The Morgan fingerprint density at radius 3 is 2.76 bits per heavy atom. The second kappa shape index (κ2) is 6.00. The number of halogens is 1. The SMILES string of the molecule is NC(=O)c1[nH]c2ccc(Cl)cc2c1S(=O)N1CCSCC1. The molecule has 1 fully saturated rings. The fourth-order valence-corrected chi connectivity index (χ4v) is 5.10. The molecule has 0 radical (unpaired) electrons. The Kier molecular flexibility index (Phi) is 4.26. The highest BCUT2D eigenvalue weighted by Crippen LogP contribution is 2.30. The molecule has 3 N–H and O–H groups in total. The van der Waals surface area contributed by atoms with Gasteiger partial charge >= 0.3 is 0 Å². The number of amides is 1. The normalized spacial score (nSPS) is 18.0. The van der Waals surface area contributed by atoms with Crippen molar-refractivity contribution in [3.63, 3.8) is 0 Å². The molecule has 3 rings (SSSR count). The maximum absolute atomic E-state index is 12.9. The van der Waals surface area contributed by atoms with E-state index in [1.54, 1.807) is 18.2 Å². The number of rotatable bonds is 3. The Balaban J connectivity index is 2.14. The van der Waals surface area contributed by atoms with Crippen molar-refractivity contribution in [1.29, 1.82) is 0 Å². The number of hydrogen-bond acceptors (Lipinski definition) is 3. The van der Waals surface area contributed by atoms with Gasteiger partial charge in [0.15, 0.2) is 0 Å². The summed E-state index contributed by atoms with van der Waals surface area (Å²) in [6, 6.07) is 5.19. The van der Waals surface area contributed by atoms with E-state index in [-0.39, 0.29) is 5.69 Å². The minimum Gasteiger partial charge on any atom is -0.364 e. The van der Waals surface area contributed by atoms with Crippen molar-refractivity contribution in [2.45, 2.75) is 4.90 Å². The Bertz CT molecular complexity index is 726. The van der Waals surface area contributed by atoms with E-state index in [1.807, 2.05) is 16.1 Å². The van der Waals surface area contributed by atoms with E-state index >= 15 is 0 Å². The molecule has 1 unspecified atom stereocenters. The number of benzene rings is 1. The number of primary amides is 1. The number of carbonyl (C=O) groups excluding carboxylic acids is 1. The van der Waals surface area contributed by atoms with E-state index in [1.165, 1.54) is 0 Å². The molecule has 1 aliphatic rings. The molecule has 0 spiro atoms. The van der Waals surface area contributed by atoms with Gasteiger partial charge in [-0.3, -0.25) is 4.79 Å². The molecule has 1 amide bonds. The van der Waals surface area contributed by atoms with Gasteiger partial charge in [0.25, 0.3) is 5.91 Å². The van der Waals surface area contributed by atoms with Crippen LogP contribution < -0.4 is 5.73 Å². The number of H-pyrrole nitrogens is 1. The first kappa shape index (κ1) is 14.9. The van der Waals surface area contributed by atoms with Crippen LogP contribution in [0.4, 0.5) is 0 Å². The topological polar surface area (TPSA) is 79.2 Å². The van der Waals surface area contributed by atoms with Gasteiger partial charge in [-0.25, -0.2) is 8.51 Å². The molecule has 2 heterocycles. The number of nitrogens with two attached hydrogens (primary N) is 1. The summed E-state index contributed by atoms with van der Waals surface area (Å²) in [7, 11) is -1.42. The van der Waals surface area contributed by atoms with E-state index < -0.39 is 16.9 Å². The lowest BCUT2D eigenvalue weighted by atomic mass is 10.2. The number of nitrogens with one attached hydrogen (secondary N) is 1. The van der Waals surface area contributed by atoms with Crippen LogP contribution in [0.25, 0.3) is 10.9 Å². The average molecular weight is 344 g/mol. The van der Waals surface area contributed by atoms with Gasteiger partial charge in [0.2, 0.25) is 0 Å². The predicted molar refractivity (Wildman–Crippen MR) is 87.1 cm³/mol. The number of aromatic amines is 1. The maximum atomic E-state index is 12.9. The van der Waals surface area contributed by atoms with E-state index in [0.717, 1.165) is 24.6 Å². The molecular formula is C13H14ClN3O2S2. The van der Waals surface area contributed by atoms with Crippen molar-refractivity contribution in [2.24, 2.45) is 5.73 Å². The number of nitrogens with zero attached hydrogens (tertiary/aromatic N) is 1. The fourth-order valence-electron chi connectivity index (χ4n) is 2.34. The van der Waals surface area contributed by atoms with Gasteiger partial charge in [-0.2, -0.15) is 11.8 Å². The predicted octanol–water partition coefficient (Wildman–Crippen LogP) is 1.99. The van der Waals surface area contributed by atoms with Crippen molar-refractivity contribution >= 4 is 51.2 Å². The van der Waals surface area contributed by atoms with E-state index in [4.69, 9.17) is 17.3 Å². The molecule has 0 saturated carbocycles. The van der Waals surface area contributed by atoms with Gasteiger partial charge in [0, 0.05) is 40.5 Å². The fraction of sp³-hybridized carbons (Fsp3) is 0.308. The van der Waals surface area contributed by atoms with Crippen LogP contribution in [0.5, 0.6) is 0 Å². The Labute approximate surface area is 133 Å². The van der Waals surface area contributed by atoms with Gasteiger partial charge in [-0.1, -0.05) is 11.6 Å². The molecule has 1 saturated heterocycles. The zero-order valence-corrected chi connectivity index (χ0v) is 13.5. The Morgan fingerprint density at radius 2 is 2.10 bits per heavy atom. The Hall–Kier alpha value is -1.02. The van der Waals surface area contributed by atoms with Crippen LogP contribution in [0.2, 0.25) is 5.02 Å². The second-order valence-electron chi connectivity index (χ2n) is 4.67. The molecule has 21 heavy (non-hydrogen) atoms. The van der Waals surface area contributed by atoms with Gasteiger partial charge in [0.05, 0.1) is 4.90 Å². The summed E-state index contributed by atoms with van der Waals surface area (Å²) in [6.45, 7) is 1.45. The highest BCUT2D eigenvalue weighted by molar-refractivity contribution is 7.99. The largest absolute Gasteiger partial charge is 0.364 e. The number of aromatic nitrogens is 1. The van der Waals surface area contributed by atoms with E-state index in [0.29, 0.717) is 20.8 Å². The lowest BCUT2D eigenvalue weighted by Gasteiger charge is -2.24. The number of fused-ring (bicyclic) bond motifs is 1. The molecule has 1 aliphatic heterocycles. The zero-order valence-electron chi connectivity index (χ0n) is 11.1. The summed E-state index contributed by atoms with van der Waals surface area (Å²) in [5.41, 5.74) is 6.33. The number of hydrogen-bond donors (Lipinski definition) is 2. The quantitative estimate of drug-likeness (QED) is 0.894. The molecule has 2 aromatic rings. The van der Waals surface area contributed by atoms with Crippen LogP contribution in [0.3, 0.4) is 0 Å². The van der Waals surface area contributed by atoms with E-state index in [2.05, 4.69) is 4.98 Å². The lowest BCUT2D eigenvalue weighted by molar-refractivity contribution is 0.0993. The van der Waals surface area contributed by atoms with Crippen LogP contribution in [-0.4, -0.2) is 44.0 Å². The average Bonchev–Trinajstić information content (AvgIpc) is 2.86. The molecule has 1 aromatic heterocycles. The van der Waals surface area contributed by atoms with Crippen molar-refractivity contribution in [3.05, 3.63) is 28.9 Å². The number of carbonyl (C=O) groups is 1. The molecule has 0 bridgehead atoms. The summed E-state index contributed by atoms with van der Waals surface area (Å²) in [6.07, 6.45) is 0. The first-order valence-corrected chi connectivity index (χ1v) is 9.07. The summed E-state index contributed by atoms with van der Waals surface area (Å²) in [5.74, 6) is 1.25. The third kappa shape index (κ3) is 2.83. The minimum absolute atomic E-state index is 0.198. The molecule has 112 valence electrons. The zero-order chi connectivity index (χ0) is 15.0. The lowest BCUT2D eigenvalue weighted by Crippen LogP contribution is -2.34. The van der Waals surface area contributed by atoms with Crippen LogP contribution in [0.15, 0.2) is 23.1 Å². The highest BCUT2D eigenvalue weighted by Gasteiger charge is 2.26. The maximum Gasteiger partial charge on any atom is 0.266 e. The summed E-state index contributed by atoms with van der Waals surface area (Å²) < 4.78 is 14.7.